The van der Waals surface area contributed by atoms with Crippen molar-refractivity contribution >= 4 is 29.2 Å². The second-order valence-electron chi connectivity index (χ2n) is 6.33. The second-order valence-corrected chi connectivity index (χ2v) is 6.77. The lowest BCUT2D eigenvalue weighted by molar-refractivity contribution is -0.138. The van der Waals surface area contributed by atoms with Gasteiger partial charge in [-0.15, -0.1) is 0 Å². The molecule has 7 heteroatoms. The Morgan fingerprint density at radius 3 is 1.96 bits per heavy atom. The number of ketones is 1. The number of hydrogen-bond donors (Lipinski definition) is 2. The van der Waals surface area contributed by atoms with Crippen LogP contribution in [0.25, 0.3) is 0 Å². The maximum atomic E-state index is 12.5. The van der Waals surface area contributed by atoms with Crippen LogP contribution in [0.2, 0.25) is 5.02 Å². The van der Waals surface area contributed by atoms with E-state index in [1.165, 1.54) is 0 Å². The van der Waals surface area contributed by atoms with Crippen LogP contribution in [0, 0.1) is 0 Å². The molecule has 142 valence electrons. The summed E-state index contributed by atoms with van der Waals surface area (Å²) in [5, 5.41) is 0.561. The molecule has 0 fully saturated rings. The number of benzene rings is 2. The molecule has 2 aromatic rings. The van der Waals surface area contributed by atoms with E-state index in [4.69, 9.17) is 16.3 Å². The highest BCUT2D eigenvalue weighted by Crippen LogP contribution is 2.21. The third-order valence-corrected chi connectivity index (χ3v) is 4.03. The van der Waals surface area contributed by atoms with Gasteiger partial charge in [0.1, 0.15) is 5.75 Å². The number of hydrazine groups is 1. The Hall–Kier alpha value is -2.86. The predicted molar refractivity (Wildman–Crippen MR) is 103 cm³/mol. The van der Waals surface area contributed by atoms with Crippen LogP contribution in [0.3, 0.4) is 0 Å². The summed E-state index contributed by atoms with van der Waals surface area (Å²) in [5.74, 6) is -0.517. The summed E-state index contributed by atoms with van der Waals surface area (Å²) in [7, 11) is 0. The average molecular weight is 389 g/mol. The van der Waals surface area contributed by atoms with Gasteiger partial charge in [0.05, 0.1) is 0 Å². The number of nitrogens with one attached hydrogen (secondary N) is 2. The van der Waals surface area contributed by atoms with Crippen molar-refractivity contribution in [2.24, 2.45) is 0 Å². The van der Waals surface area contributed by atoms with E-state index in [0.717, 1.165) is 0 Å². The number of ether oxygens (including phenoxy) is 1. The Morgan fingerprint density at radius 2 is 1.44 bits per heavy atom. The van der Waals surface area contributed by atoms with E-state index in [9.17, 15) is 14.4 Å². The van der Waals surface area contributed by atoms with Gasteiger partial charge in [-0.25, -0.2) is 0 Å². The zero-order chi connectivity index (χ0) is 20.0. The van der Waals surface area contributed by atoms with Crippen molar-refractivity contribution in [3.63, 3.8) is 0 Å². The van der Waals surface area contributed by atoms with E-state index in [-0.39, 0.29) is 18.1 Å². The monoisotopic (exact) mass is 388 g/mol. The first-order valence-corrected chi connectivity index (χ1v) is 8.79. The molecule has 6 nitrogen and oxygen atoms in total. The molecular weight excluding hydrogens is 368 g/mol. The van der Waals surface area contributed by atoms with Crippen molar-refractivity contribution < 1.29 is 19.1 Å². The Bertz CT molecular complexity index is 830. The molecule has 0 spiro atoms. The van der Waals surface area contributed by atoms with Gasteiger partial charge in [-0.1, -0.05) is 18.5 Å². The largest absolute Gasteiger partial charge is 0.478 e. The number of amides is 2. The molecule has 0 heterocycles. The maximum Gasteiger partial charge on any atom is 0.281 e. The molecule has 0 saturated carbocycles. The van der Waals surface area contributed by atoms with E-state index in [0.29, 0.717) is 21.9 Å². The third kappa shape index (κ3) is 5.56. The lowest BCUT2D eigenvalue weighted by atomic mass is 10.0. The van der Waals surface area contributed by atoms with Crippen LogP contribution in [0.1, 0.15) is 43.1 Å². The fraction of sp³-hybridized carbons (Fsp3) is 0.250. The summed E-state index contributed by atoms with van der Waals surface area (Å²) >= 11 is 5.83. The number of halogens is 1. The lowest BCUT2D eigenvalue weighted by Crippen LogP contribution is -2.52. The van der Waals surface area contributed by atoms with Gasteiger partial charge in [-0.05, 0) is 62.4 Å². The molecule has 0 atom stereocenters. The Balaban J connectivity index is 2.03. The molecule has 0 bridgehead atoms. The predicted octanol–water partition coefficient (Wildman–Crippen LogP) is 3.29. The minimum atomic E-state index is -1.22. The standard InChI is InChI=1S/C20H21ClN2O4/c1-4-17(24)22-23-19(26)20(2,3)27-16-11-7-14(8-12-16)18(25)13-5-9-15(21)10-6-13/h5-12H,4H2,1-3H3,(H,22,24)(H,23,26). The van der Waals surface area contributed by atoms with Gasteiger partial charge in [-0.3, -0.25) is 25.2 Å². The summed E-state index contributed by atoms with van der Waals surface area (Å²) < 4.78 is 5.69. The number of rotatable bonds is 6. The minimum absolute atomic E-state index is 0.141. The van der Waals surface area contributed by atoms with Crippen LogP contribution in [-0.2, 0) is 9.59 Å². The highest BCUT2D eigenvalue weighted by molar-refractivity contribution is 6.30. The van der Waals surface area contributed by atoms with Crippen molar-refractivity contribution in [1.82, 2.24) is 10.9 Å². The zero-order valence-electron chi connectivity index (χ0n) is 15.3. The van der Waals surface area contributed by atoms with Crippen molar-refractivity contribution in [2.45, 2.75) is 32.8 Å². The Kier molecular flexibility index (Phi) is 6.58. The first kappa shape index (κ1) is 20.5. The number of carbonyl (C=O) groups is 3. The first-order chi connectivity index (χ1) is 12.7. The average Bonchev–Trinajstić information content (AvgIpc) is 2.66. The topological polar surface area (TPSA) is 84.5 Å². The number of carbonyl (C=O) groups excluding carboxylic acids is 3. The van der Waals surface area contributed by atoms with Crippen molar-refractivity contribution in [1.29, 1.82) is 0 Å². The summed E-state index contributed by atoms with van der Waals surface area (Å²) in [5.41, 5.74) is 4.41. The van der Waals surface area contributed by atoms with Crippen LogP contribution in [-0.4, -0.2) is 23.2 Å². The molecular formula is C20H21ClN2O4. The molecule has 2 rings (SSSR count). The van der Waals surface area contributed by atoms with Gasteiger partial charge in [-0.2, -0.15) is 0 Å². The molecule has 2 amide bonds. The van der Waals surface area contributed by atoms with Crippen molar-refractivity contribution in [2.75, 3.05) is 0 Å². The van der Waals surface area contributed by atoms with Crippen LogP contribution in [0.4, 0.5) is 0 Å². The van der Waals surface area contributed by atoms with Gasteiger partial charge in [0.2, 0.25) is 5.91 Å². The highest BCUT2D eigenvalue weighted by atomic mass is 35.5. The highest BCUT2D eigenvalue weighted by Gasteiger charge is 2.30. The molecule has 0 aromatic heterocycles. The van der Waals surface area contributed by atoms with E-state index in [2.05, 4.69) is 10.9 Å². The molecule has 0 radical (unpaired) electrons. The molecule has 2 aromatic carbocycles. The zero-order valence-corrected chi connectivity index (χ0v) is 16.1. The van der Waals surface area contributed by atoms with Crippen LogP contribution >= 0.6 is 11.6 Å². The van der Waals surface area contributed by atoms with E-state index >= 15 is 0 Å². The molecule has 0 aliphatic carbocycles. The molecule has 0 aliphatic rings. The van der Waals surface area contributed by atoms with Crippen LogP contribution in [0.5, 0.6) is 5.75 Å². The fourth-order valence-corrected chi connectivity index (χ4v) is 2.27. The summed E-state index contributed by atoms with van der Waals surface area (Å²) in [6.07, 6.45) is 0.255. The number of hydrogen-bond acceptors (Lipinski definition) is 4. The maximum absolute atomic E-state index is 12.5. The van der Waals surface area contributed by atoms with Crippen LogP contribution in [0.15, 0.2) is 48.5 Å². The SMILES string of the molecule is CCC(=O)NNC(=O)C(C)(C)Oc1ccc(C(=O)c2ccc(Cl)cc2)cc1. The molecule has 0 saturated heterocycles. The van der Waals surface area contributed by atoms with E-state index in [1.54, 1.807) is 69.3 Å². The Morgan fingerprint density at radius 1 is 0.926 bits per heavy atom. The van der Waals surface area contributed by atoms with Crippen LogP contribution < -0.4 is 15.6 Å². The van der Waals surface area contributed by atoms with Gasteiger partial charge >= 0.3 is 0 Å². The first-order valence-electron chi connectivity index (χ1n) is 8.41. The molecule has 0 aliphatic heterocycles. The van der Waals surface area contributed by atoms with E-state index < -0.39 is 11.5 Å². The normalized spacial score (nSPS) is 10.8. The van der Waals surface area contributed by atoms with E-state index in [1.807, 2.05) is 0 Å². The molecule has 27 heavy (non-hydrogen) atoms. The quantitative estimate of drug-likeness (QED) is 0.587. The second kappa shape index (κ2) is 8.68. The van der Waals surface area contributed by atoms with Crippen molar-refractivity contribution in [3.8, 4) is 5.75 Å². The minimum Gasteiger partial charge on any atom is -0.478 e. The van der Waals surface area contributed by atoms with Crippen molar-refractivity contribution in [3.05, 3.63) is 64.7 Å². The summed E-state index contributed by atoms with van der Waals surface area (Å²) in [4.78, 5) is 35.8. The fourth-order valence-electron chi connectivity index (χ4n) is 2.15. The molecule has 0 unspecified atom stereocenters. The lowest BCUT2D eigenvalue weighted by Gasteiger charge is -2.25. The molecule has 2 N–H and O–H groups in total. The van der Waals surface area contributed by atoms with Gasteiger partial charge in [0.25, 0.3) is 5.91 Å². The van der Waals surface area contributed by atoms with Gasteiger partial charge < -0.3 is 4.74 Å². The summed E-state index contributed by atoms with van der Waals surface area (Å²) in [6.45, 7) is 4.83. The Labute approximate surface area is 162 Å². The smallest absolute Gasteiger partial charge is 0.281 e. The summed E-state index contributed by atoms with van der Waals surface area (Å²) in [6, 6.07) is 13.1. The van der Waals surface area contributed by atoms with Gasteiger partial charge in [0.15, 0.2) is 11.4 Å². The third-order valence-electron chi connectivity index (χ3n) is 3.78. The van der Waals surface area contributed by atoms with Gasteiger partial charge in [0, 0.05) is 22.6 Å².